The highest BCUT2D eigenvalue weighted by atomic mass is 16.5. The molecule has 1 aliphatic rings. The van der Waals surface area contributed by atoms with Gasteiger partial charge in [-0.2, -0.15) is 0 Å². The molecular formula is C23H25N3O5. The first-order chi connectivity index (χ1) is 15.0. The van der Waals surface area contributed by atoms with Crippen LogP contribution in [-0.4, -0.2) is 46.8 Å². The Morgan fingerprint density at radius 3 is 2.65 bits per heavy atom. The number of carbonyl (C=O) groups excluding carboxylic acids is 2. The number of carbonyl (C=O) groups is 2. The first-order valence-corrected chi connectivity index (χ1v) is 10.3. The average molecular weight is 423 g/mol. The number of hydrogen-bond donors (Lipinski definition) is 1. The van der Waals surface area contributed by atoms with Gasteiger partial charge in [-0.15, -0.1) is 0 Å². The third-order valence-corrected chi connectivity index (χ3v) is 5.48. The van der Waals surface area contributed by atoms with Crippen LogP contribution in [0.5, 0.6) is 11.5 Å². The summed E-state index contributed by atoms with van der Waals surface area (Å²) < 4.78 is 12.4. The van der Waals surface area contributed by atoms with Crippen LogP contribution in [0.25, 0.3) is 11.0 Å². The number of ether oxygens (including phenoxy) is 2. The van der Waals surface area contributed by atoms with Crippen molar-refractivity contribution in [2.75, 3.05) is 25.2 Å². The molecule has 162 valence electrons. The number of amides is 1. The Labute approximate surface area is 180 Å². The topological polar surface area (TPSA) is 93.9 Å². The minimum atomic E-state index is -1.11. The Morgan fingerprint density at radius 2 is 1.97 bits per heavy atom. The summed E-state index contributed by atoms with van der Waals surface area (Å²) in [5.74, 6) is -1.35. The molecule has 1 N–H and O–H groups in total. The second-order valence-corrected chi connectivity index (χ2v) is 7.37. The van der Waals surface area contributed by atoms with Crippen LogP contribution in [0, 0.1) is 5.92 Å². The number of methoxy groups -OCH3 is 1. The lowest BCUT2D eigenvalue weighted by Gasteiger charge is -2.37. The molecule has 3 aromatic rings. The van der Waals surface area contributed by atoms with Crippen LogP contribution in [0.2, 0.25) is 0 Å². The fourth-order valence-corrected chi connectivity index (χ4v) is 4.18. The Kier molecular flexibility index (Phi) is 5.54. The number of anilines is 1. The number of phenolic OH excluding ortho intramolecular Hbond substituents is 1. The smallest absolute Gasteiger partial charge is 0.321 e. The number of para-hydroxylation sites is 2. The molecule has 0 saturated heterocycles. The monoisotopic (exact) mass is 423 g/mol. The predicted octanol–water partition coefficient (Wildman–Crippen LogP) is 3.28. The van der Waals surface area contributed by atoms with E-state index in [1.165, 1.54) is 13.2 Å². The lowest BCUT2D eigenvalue weighted by atomic mass is 9.89. The van der Waals surface area contributed by atoms with Crippen molar-refractivity contribution in [1.29, 1.82) is 0 Å². The van der Waals surface area contributed by atoms with E-state index in [0.717, 1.165) is 11.0 Å². The van der Waals surface area contributed by atoms with E-state index in [1.54, 1.807) is 24.0 Å². The molecule has 0 aliphatic carbocycles. The highest BCUT2D eigenvalue weighted by Crippen LogP contribution is 2.43. The quantitative estimate of drug-likeness (QED) is 0.483. The molecule has 8 heteroatoms. The molecule has 1 aromatic heterocycles. The normalized spacial score (nSPS) is 18.2. The minimum Gasteiger partial charge on any atom is -0.504 e. The molecule has 8 nitrogen and oxygen atoms in total. The SMILES string of the molecule is CCCN1C(=O)[C@@H](C(=O)OCC)[C@@H](c2ccc(OC)c(O)c2)n2c1nc1ccccc12. The Bertz CT molecular complexity index is 1140. The third kappa shape index (κ3) is 3.37. The number of aromatic nitrogens is 2. The summed E-state index contributed by atoms with van der Waals surface area (Å²) in [5.41, 5.74) is 2.10. The molecule has 0 saturated carbocycles. The van der Waals surface area contributed by atoms with E-state index in [1.807, 2.05) is 35.8 Å². The molecular weight excluding hydrogens is 398 g/mol. The molecule has 0 spiro atoms. The van der Waals surface area contributed by atoms with Crippen molar-refractivity contribution in [2.24, 2.45) is 5.92 Å². The van der Waals surface area contributed by atoms with Gasteiger partial charge < -0.3 is 19.1 Å². The molecule has 0 unspecified atom stereocenters. The number of rotatable bonds is 6. The van der Waals surface area contributed by atoms with Crippen molar-refractivity contribution in [1.82, 2.24) is 9.55 Å². The maximum atomic E-state index is 13.5. The van der Waals surface area contributed by atoms with Gasteiger partial charge >= 0.3 is 5.97 Å². The minimum absolute atomic E-state index is 0.0722. The molecule has 0 radical (unpaired) electrons. The van der Waals surface area contributed by atoms with Crippen molar-refractivity contribution < 1.29 is 24.2 Å². The van der Waals surface area contributed by atoms with Gasteiger partial charge in [-0.05, 0) is 43.2 Å². The molecule has 4 rings (SSSR count). The molecule has 0 bridgehead atoms. The first kappa shape index (κ1) is 20.7. The van der Waals surface area contributed by atoms with Gasteiger partial charge in [0.25, 0.3) is 0 Å². The molecule has 1 aliphatic heterocycles. The maximum absolute atomic E-state index is 13.5. The summed E-state index contributed by atoms with van der Waals surface area (Å²) in [4.78, 5) is 32.8. The largest absolute Gasteiger partial charge is 0.504 e. The number of esters is 1. The van der Waals surface area contributed by atoms with Gasteiger partial charge in [0.05, 0.1) is 30.8 Å². The van der Waals surface area contributed by atoms with Gasteiger partial charge in [-0.1, -0.05) is 25.1 Å². The maximum Gasteiger partial charge on any atom is 0.321 e. The number of imidazole rings is 1. The average Bonchev–Trinajstić information content (AvgIpc) is 3.14. The molecule has 1 amide bonds. The highest BCUT2D eigenvalue weighted by molar-refractivity contribution is 6.08. The number of fused-ring (bicyclic) bond motifs is 3. The lowest BCUT2D eigenvalue weighted by Crippen LogP contribution is -2.50. The molecule has 2 heterocycles. The molecule has 31 heavy (non-hydrogen) atoms. The predicted molar refractivity (Wildman–Crippen MR) is 115 cm³/mol. The number of phenols is 1. The van der Waals surface area contributed by atoms with E-state index in [2.05, 4.69) is 0 Å². The van der Waals surface area contributed by atoms with Crippen LogP contribution in [0.15, 0.2) is 42.5 Å². The van der Waals surface area contributed by atoms with Crippen LogP contribution < -0.4 is 9.64 Å². The number of aromatic hydroxyl groups is 1. The fraction of sp³-hybridized carbons (Fsp3) is 0.348. The van der Waals surface area contributed by atoms with E-state index >= 15 is 0 Å². The van der Waals surface area contributed by atoms with Gasteiger partial charge in [-0.25, -0.2) is 4.98 Å². The summed E-state index contributed by atoms with van der Waals surface area (Å²) in [6.07, 6.45) is 0.707. The van der Waals surface area contributed by atoms with Crippen LogP contribution in [0.3, 0.4) is 0 Å². The number of benzene rings is 2. The molecule has 2 atom stereocenters. The van der Waals surface area contributed by atoms with E-state index in [9.17, 15) is 14.7 Å². The fourth-order valence-electron chi connectivity index (χ4n) is 4.18. The number of nitrogens with zero attached hydrogens (tertiary/aromatic N) is 3. The van der Waals surface area contributed by atoms with Crippen LogP contribution in [0.4, 0.5) is 5.95 Å². The van der Waals surface area contributed by atoms with Gasteiger partial charge in [0.1, 0.15) is 0 Å². The number of hydrogen-bond acceptors (Lipinski definition) is 6. The zero-order valence-electron chi connectivity index (χ0n) is 17.7. The van der Waals surface area contributed by atoms with Gasteiger partial charge in [-0.3, -0.25) is 14.5 Å². The van der Waals surface area contributed by atoms with Gasteiger partial charge in [0, 0.05) is 6.54 Å². The Hall–Kier alpha value is -3.55. The zero-order chi connectivity index (χ0) is 22.1. The molecule has 2 aromatic carbocycles. The highest BCUT2D eigenvalue weighted by Gasteiger charge is 2.47. The van der Waals surface area contributed by atoms with Crippen molar-refractivity contribution in [2.45, 2.75) is 26.3 Å². The van der Waals surface area contributed by atoms with E-state index < -0.39 is 17.9 Å². The van der Waals surface area contributed by atoms with Crippen LogP contribution in [0.1, 0.15) is 31.9 Å². The molecule has 0 fully saturated rings. The van der Waals surface area contributed by atoms with E-state index in [0.29, 0.717) is 30.2 Å². The third-order valence-electron chi connectivity index (χ3n) is 5.48. The Balaban J connectivity index is 2.00. The standard InChI is InChI=1S/C23H25N3O5/c1-4-12-25-21(28)19(22(29)31-5-2)20(14-10-11-18(30-3)17(27)13-14)26-16-9-7-6-8-15(16)24-23(25)26/h6-11,13,19-20,27H,4-5,12H2,1-3H3/t19-,20+/m0/s1. The first-order valence-electron chi connectivity index (χ1n) is 10.3. The van der Waals surface area contributed by atoms with E-state index in [4.69, 9.17) is 14.5 Å². The summed E-state index contributed by atoms with van der Waals surface area (Å²) in [6.45, 7) is 4.27. The second-order valence-electron chi connectivity index (χ2n) is 7.37. The summed E-state index contributed by atoms with van der Waals surface area (Å²) in [5, 5.41) is 10.4. The van der Waals surface area contributed by atoms with Crippen LogP contribution >= 0.6 is 0 Å². The van der Waals surface area contributed by atoms with Gasteiger partial charge in [0.15, 0.2) is 17.4 Å². The summed E-state index contributed by atoms with van der Waals surface area (Å²) >= 11 is 0. The van der Waals surface area contributed by atoms with Crippen molar-refractivity contribution in [3.05, 3.63) is 48.0 Å². The van der Waals surface area contributed by atoms with Crippen molar-refractivity contribution in [3.8, 4) is 11.5 Å². The van der Waals surface area contributed by atoms with Crippen molar-refractivity contribution in [3.63, 3.8) is 0 Å². The van der Waals surface area contributed by atoms with Gasteiger partial charge in [0.2, 0.25) is 11.9 Å². The second kappa shape index (κ2) is 8.29. The lowest BCUT2D eigenvalue weighted by molar-refractivity contribution is -0.153. The summed E-state index contributed by atoms with van der Waals surface area (Å²) in [6, 6.07) is 11.7. The summed E-state index contributed by atoms with van der Waals surface area (Å²) in [7, 11) is 1.46. The van der Waals surface area contributed by atoms with Crippen LogP contribution in [-0.2, 0) is 14.3 Å². The zero-order valence-corrected chi connectivity index (χ0v) is 17.7. The van der Waals surface area contributed by atoms with E-state index in [-0.39, 0.29) is 18.3 Å². The Morgan fingerprint density at radius 1 is 1.19 bits per heavy atom. The van der Waals surface area contributed by atoms with Crippen molar-refractivity contribution >= 4 is 28.9 Å².